The number of rotatable bonds is 4. The van der Waals surface area contributed by atoms with Crippen molar-refractivity contribution in [2.75, 3.05) is 16.0 Å². The number of fused-ring (bicyclic) bond motifs is 2. The Morgan fingerprint density at radius 2 is 1.35 bits per heavy atom. The molecule has 0 aromatic heterocycles. The second kappa shape index (κ2) is 7.20. The molecular formula is C21H23N3O2. The molecule has 5 heteroatoms. The smallest absolute Gasteiger partial charge is 0.323 e. The van der Waals surface area contributed by atoms with E-state index in [9.17, 15) is 9.59 Å². The van der Waals surface area contributed by atoms with E-state index in [-0.39, 0.29) is 17.9 Å². The Morgan fingerprint density at radius 3 is 1.92 bits per heavy atom. The number of hydrogen-bond acceptors (Lipinski definition) is 2. The summed E-state index contributed by atoms with van der Waals surface area (Å²) < 4.78 is 0. The monoisotopic (exact) mass is 349 g/mol. The SMILES string of the molecule is O=C(Nc1ccccc1)Nc1ccc(NC(=O)C2CC3CCC2C3)cc1. The van der Waals surface area contributed by atoms with E-state index in [1.807, 2.05) is 42.5 Å². The van der Waals surface area contributed by atoms with Crippen molar-refractivity contribution >= 4 is 29.0 Å². The lowest BCUT2D eigenvalue weighted by Gasteiger charge is -2.20. The largest absolute Gasteiger partial charge is 0.326 e. The molecule has 0 saturated heterocycles. The molecule has 5 nitrogen and oxygen atoms in total. The van der Waals surface area contributed by atoms with E-state index < -0.39 is 0 Å². The van der Waals surface area contributed by atoms with Gasteiger partial charge in [-0.1, -0.05) is 24.6 Å². The van der Waals surface area contributed by atoms with Gasteiger partial charge in [-0.05, 0) is 67.5 Å². The molecule has 0 heterocycles. The van der Waals surface area contributed by atoms with Gasteiger partial charge in [0.2, 0.25) is 5.91 Å². The summed E-state index contributed by atoms with van der Waals surface area (Å²) in [7, 11) is 0. The summed E-state index contributed by atoms with van der Waals surface area (Å²) >= 11 is 0. The van der Waals surface area contributed by atoms with Gasteiger partial charge in [0.05, 0.1) is 0 Å². The Morgan fingerprint density at radius 1 is 0.731 bits per heavy atom. The molecule has 2 aromatic carbocycles. The first-order valence-electron chi connectivity index (χ1n) is 9.21. The molecule has 3 N–H and O–H groups in total. The maximum atomic E-state index is 12.5. The van der Waals surface area contributed by atoms with Crippen molar-refractivity contribution in [1.29, 1.82) is 0 Å². The van der Waals surface area contributed by atoms with Gasteiger partial charge in [0, 0.05) is 23.0 Å². The van der Waals surface area contributed by atoms with Gasteiger partial charge in [0.25, 0.3) is 0 Å². The zero-order valence-corrected chi connectivity index (χ0v) is 14.6. The van der Waals surface area contributed by atoms with Crippen LogP contribution in [0, 0.1) is 17.8 Å². The van der Waals surface area contributed by atoms with Crippen LogP contribution in [0.25, 0.3) is 0 Å². The van der Waals surface area contributed by atoms with Crippen LogP contribution in [0.5, 0.6) is 0 Å². The molecule has 2 aliphatic rings. The minimum Gasteiger partial charge on any atom is -0.326 e. The highest BCUT2D eigenvalue weighted by Gasteiger charge is 2.42. The second-order valence-electron chi connectivity index (χ2n) is 7.29. The molecule has 2 saturated carbocycles. The van der Waals surface area contributed by atoms with Crippen LogP contribution < -0.4 is 16.0 Å². The Balaban J connectivity index is 1.30. The Hall–Kier alpha value is -2.82. The van der Waals surface area contributed by atoms with Crippen molar-refractivity contribution in [2.45, 2.75) is 25.7 Å². The van der Waals surface area contributed by atoms with E-state index >= 15 is 0 Å². The lowest BCUT2D eigenvalue weighted by molar-refractivity contribution is -0.121. The average molecular weight is 349 g/mol. The minimum absolute atomic E-state index is 0.139. The van der Waals surface area contributed by atoms with Gasteiger partial charge >= 0.3 is 6.03 Å². The molecule has 2 fully saturated rings. The van der Waals surface area contributed by atoms with Crippen molar-refractivity contribution in [3.8, 4) is 0 Å². The normalized spacial score (nSPS) is 23.5. The van der Waals surface area contributed by atoms with Crippen LogP contribution in [0.4, 0.5) is 21.9 Å². The highest BCUT2D eigenvalue weighted by molar-refractivity contribution is 6.00. The van der Waals surface area contributed by atoms with Crippen molar-refractivity contribution in [3.63, 3.8) is 0 Å². The van der Waals surface area contributed by atoms with Gasteiger partial charge in [-0.15, -0.1) is 0 Å². The zero-order chi connectivity index (χ0) is 17.9. The van der Waals surface area contributed by atoms with Crippen LogP contribution in [0.1, 0.15) is 25.7 Å². The Kier molecular flexibility index (Phi) is 4.61. The van der Waals surface area contributed by atoms with E-state index in [0.717, 1.165) is 23.7 Å². The first-order chi connectivity index (χ1) is 12.7. The standard InChI is InChI=1S/C21H23N3O2/c25-20(19-13-14-6-7-15(19)12-14)22-17-8-10-18(11-9-17)24-21(26)23-16-4-2-1-3-5-16/h1-5,8-11,14-15,19H,6-7,12-13H2,(H,22,25)(H2,23,24,26). The molecule has 2 aromatic rings. The van der Waals surface area contributed by atoms with Crippen LogP contribution >= 0.6 is 0 Å². The molecule has 26 heavy (non-hydrogen) atoms. The van der Waals surface area contributed by atoms with Gasteiger partial charge in [-0.2, -0.15) is 0 Å². The molecule has 0 spiro atoms. The van der Waals surface area contributed by atoms with Gasteiger partial charge in [0.15, 0.2) is 0 Å². The van der Waals surface area contributed by atoms with E-state index in [0.29, 0.717) is 11.6 Å². The van der Waals surface area contributed by atoms with Crippen molar-refractivity contribution in [3.05, 3.63) is 54.6 Å². The molecule has 0 aliphatic heterocycles. The number of para-hydroxylation sites is 1. The minimum atomic E-state index is -0.296. The number of anilines is 3. The first-order valence-corrected chi connectivity index (χ1v) is 9.21. The summed E-state index contributed by atoms with van der Waals surface area (Å²) in [6.07, 6.45) is 4.75. The van der Waals surface area contributed by atoms with Crippen LogP contribution in [0.3, 0.4) is 0 Å². The van der Waals surface area contributed by atoms with Crippen LogP contribution in [0.2, 0.25) is 0 Å². The number of carbonyl (C=O) groups excluding carboxylic acids is 2. The molecule has 134 valence electrons. The number of benzene rings is 2. The molecule has 3 unspecified atom stereocenters. The maximum absolute atomic E-state index is 12.5. The average Bonchev–Trinajstić information content (AvgIpc) is 3.27. The lowest BCUT2D eigenvalue weighted by Crippen LogP contribution is -2.27. The summed E-state index contributed by atoms with van der Waals surface area (Å²) in [6, 6.07) is 16.2. The fourth-order valence-electron chi connectivity index (χ4n) is 4.25. The van der Waals surface area contributed by atoms with E-state index in [2.05, 4.69) is 16.0 Å². The predicted octanol–water partition coefficient (Wildman–Crippen LogP) is 4.71. The molecule has 0 radical (unpaired) electrons. The summed E-state index contributed by atoms with van der Waals surface area (Å²) in [5.74, 6) is 1.64. The number of urea groups is 1. The van der Waals surface area contributed by atoms with Crippen molar-refractivity contribution < 1.29 is 9.59 Å². The number of carbonyl (C=O) groups is 2. The first kappa shape index (κ1) is 16.6. The molecule has 4 rings (SSSR count). The third-order valence-corrected chi connectivity index (χ3v) is 5.52. The van der Waals surface area contributed by atoms with Crippen molar-refractivity contribution in [2.24, 2.45) is 17.8 Å². The molecule has 3 atom stereocenters. The van der Waals surface area contributed by atoms with Crippen LogP contribution in [-0.2, 0) is 4.79 Å². The van der Waals surface area contributed by atoms with Crippen molar-refractivity contribution in [1.82, 2.24) is 0 Å². The Labute approximate surface area is 153 Å². The number of amides is 3. The predicted molar refractivity (Wildman–Crippen MR) is 103 cm³/mol. The third kappa shape index (κ3) is 3.72. The summed E-state index contributed by atoms with van der Waals surface area (Å²) in [4.78, 5) is 24.5. The van der Waals surface area contributed by atoms with Gasteiger partial charge in [-0.25, -0.2) is 4.79 Å². The Bertz CT molecular complexity index is 789. The lowest BCUT2D eigenvalue weighted by atomic mass is 9.88. The summed E-state index contributed by atoms with van der Waals surface area (Å²) in [5.41, 5.74) is 2.18. The van der Waals surface area contributed by atoms with E-state index in [1.165, 1.54) is 19.3 Å². The van der Waals surface area contributed by atoms with Gasteiger partial charge < -0.3 is 16.0 Å². The maximum Gasteiger partial charge on any atom is 0.323 e. The zero-order valence-electron chi connectivity index (χ0n) is 14.6. The van der Waals surface area contributed by atoms with Crippen LogP contribution in [-0.4, -0.2) is 11.9 Å². The second-order valence-corrected chi connectivity index (χ2v) is 7.29. The molecule has 2 aliphatic carbocycles. The molecular weight excluding hydrogens is 326 g/mol. The third-order valence-electron chi connectivity index (χ3n) is 5.52. The number of nitrogens with one attached hydrogen (secondary N) is 3. The highest BCUT2D eigenvalue weighted by atomic mass is 16.2. The molecule has 2 bridgehead atoms. The van der Waals surface area contributed by atoms with Crippen LogP contribution in [0.15, 0.2) is 54.6 Å². The topological polar surface area (TPSA) is 70.2 Å². The fourth-order valence-corrected chi connectivity index (χ4v) is 4.25. The van der Waals surface area contributed by atoms with Gasteiger partial charge in [0.1, 0.15) is 0 Å². The summed E-state index contributed by atoms with van der Waals surface area (Å²) in [6.45, 7) is 0. The quantitative estimate of drug-likeness (QED) is 0.748. The van der Waals surface area contributed by atoms with E-state index in [4.69, 9.17) is 0 Å². The highest BCUT2D eigenvalue weighted by Crippen LogP contribution is 2.48. The fraction of sp³-hybridized carbons (Fsp3) is 0.333. The van der Waals surface area contributed by atoms with Gasteiger partial charge in [-0.3, -0.25) is 4.79 Å². The van der Waals surface area contributed by atoms with E-state index in [1.54, 1.807) is 12.1 Å². The number of hydrogen-bond donors (Lipinski definition) is 3. The molecule has 3 amide bonds. The summed E-state index contributed by atoms with van der Waals surface area (Å²) in [5, 5.41) is 8.58.